The van der Waals surface area contributed by atoms with Crippen molar-refractivity contribution >= 4 is 66.1 Å². The number of aromatic nitrogens is 4. The van der Waals surface area contributed by atoms with Crippen LogP contribution in [0.3, 0.4) is 0 Å². The number of carbonyl (C=O) groups excluding carboxylic acids is 1. The van der Waals surface area contributed by atoms with Crippen LogP contribution in [0.5, 0.6) is 0 Å². The van der Waals surface area contributed by atoms with Crippen LogP contribution < -0.4 is 4.90 Å². The summed E-state index contributed by atoms with van der Waals surface area (Å²) in [5, 5.41) is 5.96. The van der Waals surface area contributed by atoms with Gasteiger partial charge in [0, 0.05) is 65.2 Å². The van der Waals surface area contributed by atoms with E-state index in [1.54, 1.807) is 4.90 Å². The molecule has 0 aliphatic carbocycles. The van der Waals surface area contributed by atoms with Gasteiger partial charge in [-0.2, -0.15) is 9.61 Å². The standard InChI is InChI=1S/C37H53BrN6O4Si2/c1-37(2,3)48-36(45)42-16-14-27(15-17-42)33-32(38)35(43(25-46-18-20-49(4,5)6)26-47-19-21-50(7,8)9)44-34(41-33)30(24-40-44)29-22-28-12-10-11-13-31(28)39-23-29/h10-14,22-24H,15-21,25-26H2,1-9H3. The number of hydrogen-bond donors (Lipinski definition) is 0. The molecule has 1 aromatic carbocycles. The van der Waals surface area contributed by atoms with Crippen molar-refractivity contribution in [3.05, 3.63) is 59.0 Å². The fourth-order valence-electron chi connectivity index (χ4n) is 5.51. The summed E-state index contributed by atoms with van der Waals surface area (Å²) in [5.41, 5.74) is 4.75. The molecule has 0 N–H and O–H groups in total. The number of hydrogen-bond acceptors (Lipinski definition) is 8. The average molecular weight is 782 g/mol. The van der Waals surface area contributed by atoms with Gasteiger partial charge in [-0.05, 0) is 72.9 Å². The number of ether oxygens (including phenoxy) is 3. The second-order valence-electron chi connectivity index (χ2n) is 16.4. The highest BCUT2D eigenvalue weighted by Gasteiger charge is 2.28. The van der Waals surface area contributed by atoms with Gasteiger partial charge in [-0.25, -0.2) is 9.78 Å². The van der Waals surface area contributed by atoms with Crippen molar-refractivity contribution in [1.29, 1.82) is 0 Å². The van der Waals surface area contributed by atoms with Gasteiger partial charge in [0.2, 0.25) is 0 Å². The van der Waals surface area contributed by atoms with Crippen LogP contribution in [0, 0.1) is 0 Å². The quantitative estimate of drug-likeness (QED) is 0.0754. The Morgan fingerprint density at radius 1 is 0.980 bits per heavy atom. The first-order valence-corrected chi connectivity index (χ1v) is 25.7. The Morgan fingerprint density at radius 3 is 2.24 bits per heavy atom. The van der Waals surface area contributed by atoms with E-state index in [1.165, 1.54) is 0 Å². The van der Waals surface area contributed by atoms with E-state index in [0.29, 0.717) is 51.8 Å². The lowest BCUT2D eigenvalue weighted by atomic mass is 10.0. The highest BCUT2D eigenvalue weighted by molar-refractivity contribution is 9.10. The van der Waals surface area contributed by atoms with Crippen molar-refractivity contribution in [2.45, 2.75) is 84.2 Å². The molecule has 1 aliphatic heterocycles. The minimum atomic E-state index is -1.29. The van der Waals surface area contributed by atoms with Crippen LogP contribution in [0.15, 0.2) is 53.3 Å². The first kappa shape index (κ1) is 38.1. The highest BCUT2D eigenvalue weighted by atomic mass is 79.9. The Labute approximate surface area is 307 Å². The van der Waals surface area contributed by atoms with Crippen molar-refractivity contribution in [1.82, 2.24) is 24.5 Å². The van der Waals surface area contributed by atoms with Gasteiger partial charge in [-0.1, -0.05) is 63.6 Å². The summed E-state index contributed by atoms with van der Waals surface area (Å²) in [4.78, 5) is 26.7. The lowest BCUT2D eigenvalue weighted by molar-refractivity contribution is 0.0270. The molecule has 0 fully saturated rings. The van der Waals surface area contributed by atoms with E-state index in [0.717, 1.165) is 55.7 Å². The van der Waals surface area contributed by atoms with E-state index in [1.807, 2.05) is 55.9 Å². The van der Waals surface area contributed by atoms with Gasteiger partial charge in [0.15, 0.2) is 11.5 Å². The SMILES string of the molecule is CC(C)(C)OC(=O)N1CC=C(c2nc3c(-c4cnc5ccccc5c4)cnn3c(N(COCC[Si](C)(C)C)COCC[Si](C)(C)C)c2Br)CC1. The smallest absolute Gasteiger partial charge is 0.410 e. The van der Waals surface area contributed by atoms with Crippen LogP contribution in [0.2, 0.25) is 51.4 Å². The second-order valence-corrected chi connectivity index (χ2v) is 28.5. The van der Waals surface area contributed by atoms with Gasteiger partial charge in [-0.3, -0.25) is 4.98 Å². The average Bonchev–Trinajstić information content (AvgIpc) is 3.45. The molecule has 270 valence electrons. The number of carbonyl (C=O) groups is 1. The first-order chi connectivity index (χ1) is 23.5. The third kappa shape index (κ3) is 10.0. The Kier molecular flexibility index (Phi) is 11.9. The molecular formula is C37H53BrN6O4Si2. The molecule has 0 unspecified atom stereocenters. The van der Waals surface area contributed by atoms with Gasteiger partial charge >= 0.3 is 6.09 Å². The van der Waals surface area contributed by atoms with Gasteiger partial charge in [0.05, 0.1) is 21.9 Å². The van der Waals surface area contributed by atoms with Crippen LogP contribution in [-0.4, -0.2) is 92.1 Å². The molecule has 10 nitrogen and oxygen atoms in total. The van der Waals surface area contributed by atoms with Crippen LogP contribution in [0.4, 0.5) is 10.6 Å². The zero-order valence-corrected chi connectivity index (χ0v) is 34.8. The molecular weight excluding hydrogens is 729 g/mol. The molecule has 0 bridgehead atoms. The maximum atomic E-state index is 12.9. The molecule has 50 heavy (non-hydrogen) atoms. The molecule has 0 saturated heterocycles. The van der Waals surface area contributed by atoms with E-state index < -0.39 is 21.7 Å². The number of rotatable bonds is 13. The number of halogens is 1. The fourth-order valence-corrected chi connectivity index (χ4v) is 7.78. The van der Waals surface area contributed by atoms with E-state index in [4.69, 9.17) is 29.3 Å². The minimum absolute atomic E-state index is 0.310. The van der Waals surface area contributed by atoms with Crippen LogP contribution in [0.1, 0.15) is 32.9 Å². The summed E-state index contributed by atoms with van der Waals surface area (Å²) >= 11 is 3.98. The molecule has 0 radical (unpaired) electrons. The molecule has 0 spiro atoms. The second kappa shape index (κ2) is 15.6. The fraction of sp³-hybridized carbons (Fsp3) is 0.514. The first-order valence-electron chi connectivity index (χ1n) is 17.5. The molecule has 1 amide bonds. The summed E-state index contributed by atoms with van der Waals surface area (Å²) in [5.74, 6) is 0.807. The lowest BCUT2D eigenvalue weighted by Crippen LogP contribution is -2.39. The van der Waals surface area contributed by atoms with Crippen molar-refractivity contribution in [2.75, 3.05) is 44.7 Å². The normalized spacial score (nSPS) is 14.4. The van der Waals surface area contributed by atoms with E-state index in [-0.39, 0.29) is 6.09 Å². The van der Waals surface area contributed by atoms with Gasteiger partial charge in [0.1, 0.15) is 19.1 Å². The molecule has 0 atom stereocenters. The van der Waals surface area contributed by atoms with Crippen molar-refractivity contribution < 1.29 is 19.0 Å². The third-order valence-electron chi connectivity index (χ3n) is 8.42. The number of fused-ring (bicyclic) bond motifs is 2. The predicted octanol–water partition coefficient (Wildman–Crippen LogP) is 9.16. The summed E-state index contributed by atoms with van der Waals surface area (Å²) in [6.07, 6.45) is 6.14. The predicted molar refractivity (Wildman–Crippen MR) is 212 cm³/mol. The highest BCUT2D eigenvalue weighted by Crippen LogP contribution is 2.38. The van der Waals surface area contributed by atoms with Crippen LogP contribution in [0.25, 0.3) is 33.3 Å². The number of pyridine rings is 1. The third-order valence-corrected chi connectivity index (χ3v) is 12.6. The monoisotopic (exact) mass is 780 g/mol. The van der Waals surface area contributed by atoms with Crippen molar-refractivity contribution in [2.24, 2.45) is 0 Å². The Hall–Kier alpha value is -3.11. The van der Waals surface area contributed by atoms with E-state index >= 15 is 0 Å². The van der Waals surface area contributed by atoms with Crippen LogP contribution >= 0.6 is 15.9 Å². The van der Waals surface area contributed by atoms with E-state index in [9.17, 15) is 4.79 Å². The Bertz CT molecular complexity index is 1820. The Balaban J connectivity index is 1.58. The molecule has 4 heterocycles. The van der Waals surface area contributed by atoms with Gasteiger partial charge in [-0.15, -0.1) is 0 Å². The number of anilines is 1. The minimum Gasteiger partial charge on any atom is -0.444 e. The molecule has 4 aromatic rings. The molecule has 3 aromatic heterocycles. The lowest BCUT2D eigenvalue weighted by Gasteiger charge is -2.30. The van der Waals surface area contributed by atoms with Crippen molar-refractivity contribution in [3.63, 3.8) is 0 Å². The summed E-state index contributed by atoms with van der Waals surface area (Å²) < 4.78 is 21.1. The summed E-state index contributed by atoms with van der Waals surface area (Å²) in [6.45, 7) is 22.8. The topological polar surface area (TPSA) is 94.3 Å². The zero-order valence-electron chi connectivity index (χ0n) is 31.2. The largest absolute Gasteiger partial charge is 0.444 e. The molecule has 5 rings (SSSR count). The Morgan fingerprint density at radius 2 is 1.64 bits per heavy atom. The van der Waals surface area contributed by atoms with Crippen molar-refractivity contribution in [3.8, 4) is 11.1 Å². The maximum Gasteiger partial charge on any atom is 0.410 e. The van der Waals surface area contributed by atoms with E-state index in [2.05, 4.69) is 78.3 Å². The van der Waals surface area contributed by atoms with Crippen LogP contribution in [-0.2, 0) is 14.2 Å². The number of amides is 1. The molecule has 1 aliphatic rings. The number of para-hydroxylation sites is 1. The summed E-state index contributed by atoms with van der Waals surface area (Å²) in [7, 11) is -2.57. The zero-order chi connectivity index (χ0) is 36.3. The molecule has 13 heteroatoms. The summed E-state index contributed by atoms with van der Waals surface area (Å²) in [6, 6.07) is 12.4. The molecule has 0 saturated carbocycles. The number of nitrogens with zero attached hydrogens (tertiary/aromatic N) is 6. The maximum absolute atomic E-state index is 12.9. The van der Waals surface area contributed by atoms with Gasteiger partial charge < -0.3 is 24.0 Å². The number of benzene rings is 1. The van der Waals surface area contributed by atoms with Gasteiger partial charge in [0.25, 0.3) is 0 Å².